The number of benzene rings is 1. The molecule has 2 N–H and O–H groups in total. The van der Waals surface area contributed by atoms with Gasteiger partial charge < -0.3 is 10.4 Å². The molecular formula is C16H22BrCl2N3O. The normalized spacial score (nSPS) is 15.7. The maximum absolute atomic E-state index is 10.5. The Balaban J connectivity index is 0.00000242. The van der Waals surface area contributed by atoms with Crippen LogP contribution < -0.4 is 5.32 Å². The first-order valence-corrected chi connectivity index (χ1v) is 7.84. The minimum atomic E-state index is 0. The summed E-state index contributed by atoms with van der Waals surface area (Å²) >= 11 is 3.53. The van der Waals surface area contributed by atoms with Crippen LogP contribution in [0.2, 0.25) is 0 Å². The molecule has 1 aromatic rings. The number of phenolic OH excluding ortho intramolecular Hbond substituents is 1. The maximum atomic E-state index is 10.5. The Bertz CT molecular complexity index is 583. The highest BCUT2D eigenvalue weighted by Gasteiger charge is 2.27. The fraction of sp³-hybridized carbons (Fsp3) is 0.438. The van der Waals surface area contributed by atoms with Crippen molar-refractivity contribution < 1.29 is 5.11 Å². The summed E-state index contributed by atoms with van der Waals surface area (Å²) in [5.74, 6) is 0.0802. The minimum Gasteiger partial charge on any atom is -0.506 e. The van der Waals surface area contributed by atoms with Crippen molar-refractivity contribution in [2.45, 2.75) is 19.4 Å². The lowest BCUT2D eigenvalue weighted by atomic mass is 9.95. The molecule has 1 fully saturated rings. The van der Waals surface area contributed by atoms with E-state index in [1.807, 2.05) is 19.1 Å². The molecule has 23 heavy (non-hydrogen) atoms. The van der Waals surface area contributed by atoms with Gasteiger partial charge in [-0.3, -0.25) is 4.90 Å². The average Bonchev–Trinajstić information content (AvgIpc) is 2.47. The van der Waals surface area contributed by atoms with Crippen LogP contribution in [0, 0.1) is 11.3 Å². The van der Waals surface area contributed by atoms with E-state index in [4.69, 9.17) is 5.26 Å². The van der Waals surface area contributed by atoms with E-state index in [1.54, 1.807) is 6.07 Å². The number of piperazine rings is 1. The Morgan fingerprint density at radius 1 is 1.43 bits per heavy atom. The molecule has 1 aliphatic rings. The summed E-state index contributed by atoms with van der Waals surface area (Å²) in [7, 11) is 0. The van der Waals surface area contributed by atoms with Crippen LogP contribution in [0.4, 0.5) is 0 Å². The average molecular weight is 423 g/mol. The molecule has 0 radical (unpaired) electrons. The van der Waals surface area contributed by atoms with Gasteiger partial charge in [-0.15, -0.1) is 31.4 Å². The van der Waals surface area contributed by atoms with Crippen molar-refractivity contribution in [2.75, 3.05) is 26.2 Å². The second-order valence-electron chi connectivity index (χ2n) is 5.43. The van der Waals surface area contributed by atoms with E-state index in [9.17, 15) is 5.11 Å². The van der Waals surface area contributed by atoms with Gasteiger partial charge in [0.25, 0.3) is 0 Å². The number of hydrogen-bond acceptors (Lipinski definition) is 4. The molecule has 1 saturated heterocycles. The number of hydrogen-bond donors (Lipinski definition) is 2. The quantitative estimate of drug-likeness (QED) is 0.724. The Morgan fingerprint density at radius 2 is 2.04 bits per heavy atom. The van der Waals surface area contributed by atoms with E-state index in [-0.39, 0.29) is 36.6 Å². The SMILES string of the molecule is C=C(C)C[C@@H](c1c(Br)ccc(C#N)c1O)N1CCNCC1.Cl.Cl. The van der Waals surface area contributed by atoms with E-state index in [2.05, 4.69) is 32.7 Å². The van der Waals surface area contributed by atoms with Crippen molar-refractivity contribution in [1.29, 1.82) is 5.26 Å². The fourth-order valence-corrected chi connectivity index (χ4v) is 3.31. The molecule has 7 heteroatoms. The van der Waals surface area contributed by atoms with Crippen LogP contribution in [-0.2, 0) is 0 Å². The molecule has 1 heterocycles. The van der Waals surface area contributed by atoms with Gasteiger partial charge in [0.2, 0.25) is 0 Å². The van der Waals surface area contributed by atoms with Gasteiger partial charge >= 0.3 is 0 Å². The Kier molecular flexibility index (Phi) is 9.83. The lowest BCUT2D eigenvalue weighted by Gasteiger charge is -2.36. The van der Waals surface area contributed by atoms with Crippen molar-refractivity contribution in [2.24, 2.45) is 0 Å². The van der Waals surface area contributed by atoms with Crippen LogP contribution in [0.15, 0.2) is 28.8 Å². The first-order chi connectivity index (χ1) is 10.0. The Hall–Kier alpha value is -0.770. The van der Waals surface area contributed by atoms with Crippen LogP contribution in [0.3, 0.4) is 0 Å². The molecule has 0 spiro atoms. The minimum absolute atomic E-state index is 0. The van der Waals surface area contributed by atoms with E-state index in [1.165, 1.54) is 0 Å². The molecular weight excluding hydrogens is 401 g/mol. The number of rotatable bonds is 4. The predicted octanol–water partition coefficient (Wildman–Crippen LogP) is 3.78. The maximum Gasteiger partial charge on any atom is 0.139 e. The summed E-state index contributed by atoms with van der Waals surface area (Å²) in [6, 6.07) is 5.56. The lowest BCUT2D eigenvalue weighted by Crippen LogP contribution is -2.45. The van der Waals surface area contributed by atoms with Crippen LogP contribution in [-0.4, -0.2) is 36.2 Å². The third-order valence-electron chi connectivity index (χ3n) is 3.75. The molecule has 0 amide bonds. The number of aromatic hydroxyl groups is 1. The van der Waals surface area contributed by atoms with E-state index >= 15 is 0 Å². The number of nitriles is 1. The molecule has 1 aromatic carbocycles. The number of nitrogens with one attached hydrogen (secondary N) is 1. The van der Waals surface area contributed by atoms with Gasteiger partial charge in [-0.2, -0.15) is 5.26 Å². The first-order valence-electron chi connectivity index (χ1n) is 7.05. The predicted molar refractivity (Wildman–Crippen MR) is 102 cm³/mol. The van der Waals surface area contributed by atoms with Crippen LogP contribution in [0.25, 0.3) is 0 Å². The second kappa shape index (κ2) is 10.2. The molecule has 1 atom stereocenters. The highest BCUT2D eigenvalue weighted by Crippen LogP contribution is 2.40. The summed E-state index contributed by atoms with van der Waals surface area (Å²) in [5.41, 5.74) is 2.17. The molecule has 0 unspecified atom stereocenters. The second-order valence-corrected chi connectivity index (χ2v) is 6.29. The van der Waals surface area contributed by atoms with Gasteiger partial charge in [-0.05, 0) is 25.5 Å². The van der Waals surface area contributed by atoms with Gasteiger partial charge in [0.15, 0.2) is 0 Å². The van der Waals surface area contributed by atoms with Crippen molar-refractivity contribution in [1.82, 2.24) is 10.2 Å². The summed E-state index contributed by atoms with van der Waals surface area (Å²) in [6.07, 6.45) is 0.765. The topological polar surface area (TPSA) is 59.3 Å². The summed E-state index contributed by atoms with van der Waals surface area (Å²) in [5, 5.41) is 22.9. The smallest absolute Gasteiger partial charge is 0.139 e. The lowest BCUT2D eigenvalue weighted by molar-refractivity contribution is 0.169. The largest absolute Gasteiger partial charge is 0.506 e. The third kappa shape index (κ3) is 5.37. The third-order valence-corrected chi connectivity index (χ3v) is 4.44. The van der Waals surface area contributed by atoms with Crippen LogP contribution in [0.5, 0.6) is 5.75 Å². The van der Waals surface area contributed by atoms with Gasteiger partial charge in [-0.25, -0.2) is 0 Å². The molecule has 0 aliphatic carbocycles. The monoisotopic (exact) mass is 421 g/mol. The number of nitrogens with zero attached hydrogens (tertiary/aromatic N) is 2. The summed E-state index contributed by atoms with van der Waals surface area (Å²) in [4.78, 5) is 2.34. The van der Waals surface area contributed by atoms with Crippen LogP contribution >= 0.6 is 40.7 Å². The van der Waals surface area contributed by atoms with E-state index in [0.29, 0.717) is 5.56 Å². The van der Waals surface area contributed by atoms with Crippen molar-refractivity contribution in [3.05, 3.63) is 39.9 Å². The standard InChI is InChI=1S/C16H20BrN3O.2ClH/c1-11(2)9-14(20-7-5-19-6-8-20)15-13(17)4-3-12(10-18)16(15)21;;/h3-4,14,19,21H,1,5-9H2,2H3;2*1H/t14-;;/m0../s1. The zero-order valence-corrected chi connectivity index (χ0v) is 16.2. The highest BCUT2D eigenvalue weighted by atomic mass is 79.9. The van der Waals surface area contributed by atoms with Crippen molar-refractivity contribution >= 4 is 40.7 Å². The fourth-order valence-electron chi connectivity index (χ4n) is 2.73. The molecule has 0 saturated carbocycles. The molecule has 1 aliphatic heterocycles. The number of phenols is 1. The molecule has 0 bridgehead atoms. The highest BCUT2D eigenvalue weighted by molar-refractivity contribution is 9.10. The van der Waals surface area contributed by atoms with Gasteiger partial charge in [0.1, 0.15) is 11.8 Å². The van der Waals surface area contributed by atoms with Crippen LogP contribution in [0.1, 0.15) is 30.5 Å². The van der Waals surface area contributed by atoms with Crippen molar-refractivity contribution in [3.63, 3.8) is 0 Å². The van der Waals surface area contributed by atoms with E-state index in [0.717, 1.165) is 48.2 Å². The summed E-state index contributed by atoms with van der Waals surface area (Å²) in [6.45, 7) is 9.71. The molecule has 2 rings (SSSR count). The van der Waals surface area contributed by atoms with Gasteiger partial charge in [0.05, 0.1) is 5.56 Å². The van der Waals surface area contributed by atoms with E-state index < -0.39 is 0 Å². The summed E-state index contributed by atoms with van der Waals surface area (Å²) < 4.78 is 0.837. The molecule has 4 nitrogen and oxygen atoms in total. The zero-order valence-electron chi connectivity index (χ0n) is 13.0. The molecule has 128 valence electrons. The molecule has 0 aromatic heterocycles. The number of halogens is 3. The zero-order chi connectivity index (χ0) is 15.4. The first kappa shape index (κ1) is 22.2. The van der Waals surface area contributed by atoms with Gasteiger partial charge in [0, 0.05) is 42.3 Å². The Labute approximate surface area is 158 Å². The van der Waals surface area contributed by atoms with Gasteiger partial charge in [-0.1, -0.05) is 21.5 Å². The van der Waals surface area contributed by atoms with Crippen molar-refractivity contribution in [3.8, 4) is 11.8 Å². The Morgan fingerprint density at radius 3 is 2.57 bits per heavy atom.